The van der Waals surface area contributed by atoms with Crippen LogP contribution in [0.3, 0.4) is 0 Å². The fourth-order valence-electron chi connectivity index (χ4n) is 4.58. The van der Waals surface area contributed by atoms with Crippen LogP contribution in [-0.4, -0.2) is 57.1 Å². The van der Waals surface area contributed by atoms with Gasteiger partial charge in [-0.05, 0) is 80.7 Å². The van der Waals surface area contributed by atoms with E-state index >= 15 is 0 Å². The van der Waals surface area contributed by atoms with Crippen LogP contribution in [0, 0.1) is 5.82 Å². The highest BCUT2D eigenvalue weighted by atomic mass is 32.2. The molecule has 184 valence electrons. The minimum atomic E-state index is -0.297. The number of nitrogens with one attached hydrogen (secondary N) is 1. The zero-order valence-corrected chi connectivity index (χ0v) is 20.5. The lowest BCUT2D eigenvalue weighted by Gasteiger charge is -2.15. The van der Waals surface area contributed by atoms with Gasteiger partial charge in [0.15, 0.2) is 11.0 Å². The Labute approximate surface area is 209 Å². The lowest BCUT2D eigenvalue weighted by atomic mass is 10.2. The van der Waals surface area contributed by atoms with E-state index in [1.165, 1.54) is 42.3 Å². The number of rotatable bonds is 9. The number of ether oxygens (including phenoxy) is 1. The van der Waals surface area contributed by atoms with Crippen molar-refractivity contribution in [2.75, 3.05) is 30.8 Å². The average molecular weight is 496 g/mol. The van der Waals surface area contributed by atoms with Crippen molar-refractivity contribution in [2.24, 2.45) is 0 Å². The fourth-order valence-corrected chi connectivity index (χ4v) is 5.33. The number of nitrogens with zero attached hydrogens (tertiary/aromatic N) is 4. The van der Waals surface area contributed by atoms with Gasteiger partial charge in [-0.1, -0.05) is 23.9 Å². The summed E-state index contributed by atoms with van der Waals surface area (Å²) >= 11 is 1.34. The summed E-state index contributed by atoms with van der Waals surface area (Å²) in [4.78, 5) is 15.1. The Morgan fingerprint density at radius 1 is 1.06 bits per heavy atom. The molecule has 1 atom stereocenters. The van der Waals surface area contributed by atoms with Gasteiger partial charge in [0.25, 0.3) is 0 Å². The SMILES string of the molecule is O=C(CSc1nnc(-c2ccc(F)cc2)n1C[C@H]1CCCO1)Nc1ccc(CN2CCCC2)cc1. The molecule has 0 spiro atoms. The Balaban J connectivity index is 1.22. The third kappa shape index (κ3) is 6.28. The zero-order valence-electron chi connectivity index (χ0n) is 19.7. The summed E-state index contributed by atoms with van der Waals surface area (Å²) in [6.45, 7) is 4.63. The maximum absolute atomic E-state index is 13.4. The molecule has 9 heteroatoms. The van der Waals surface area contributed by atoms with Gasteiger partial charge in [-0.15, -0.1) is 10.2 Å². The third-order valence-electron chi connectivity index (χ3n) is 6.40. The van der Waals surface area contributed by atoms with E-state index in [0.717, 1.165) is 50.3 Å². The molecule has 2 fully saturated rings. The van der Waals surface area contributed by atoms with E-state index in [2.05, 4.69) is 32.5 Å². The van der Waals surface area contributed by atoms with Crippen LogP contribution in [0.25, 0.3) is 11.4 Å². The van der Waals surface area contributed by atoms with E-state index in [1.807, 2.05) is 16.7 Å². The summed E-state index contributed by atoms with van der Waals surface area (Å²) in [6.07, 6.45) is 4.63. The van der Waals surface area contributed by atoms with Crippen LogP contribution >= 0.6 is 11.8 Å². The largest absolute Gasteiger partial charge is 0.376 e. The highest BCUT2D eigenvalue weighted by molar-refractivity contribution is 7.99. The fraction of sp³-hybridized carbons (Fsp3) is 0.423. The zero-order chi connectivity index (χ0) is 24.0. The molecular weight excluding hydrogens is 465 g/mol. The summed E-state index contributed by atoms with van der Waals surface area (Å²) in [5.74, 6) is 0.464. The number of carbonyl (C=O) groups excluding carboxylic acids is 1. The first-order valence-corrected chi connectivity index (χ1v) is 13.2. The molecule has 0 bridgehead atoms. The predicted molar refractivity (Wildman–Crippen MR) is 135 cm³/mol. The quantitative estimate of drug-likeness (QED) is 0.438. The lowest BCUT2D eigenvalue weighted by Crippen LogP contribution is -2.19. The number of amides is 1. The van der Waals surface area contributed by atoms with Crippen LogP contribution < -0.4 is 5.32 Å². The maximum atomic E-state index is 13.4. The molecule has 1 N–H and O–H groups in total. The van der Waals surface area contributed by atoms with Gasteiger partial charge >= 0.3 is 0 Å². The first-order chi connectivity index (χ1) is 17.1. The van der Waals surface area contributed by atoms with Crippen LogP contribution in [0.2, 0.25) is 0 Å². The summed E-state index contributed by atoms with van der Waals surface area (Å²) in [6, 6.07) is 14.3. The van der Waals surface area contributed by atoms with Crippen molar-refractivity contribution in [2.45, 2.75) is 50.0 Å². The van der Waals surface area contributed by atoms with Gasteiger partial charge in [-0.2, -0.15) is 0 Å². The van der Waals surface area contributed by atoms with Crippen molar-refractivity contribution in [1.82, 2.24) is 19.7 Å². The molecule has 0 aliphatic carbocycles. The average Bonchev–Trinajstić information content (AvgIpc) is 3.63. The van der Waals surface area contributed by atoms with Crippen LogP contribution in [0.5, 0.6) is 0 Å². The first-order valence-electron chi connectivity index (χ1n) is 12.2. The summed E-state index contributed by atoms with van der Waals surface area (Å²) < 4.78 is 21.2. The predicted octanol–water partition coefficient (Wildman–Crippen LogP) is 4.59. The van der Waals surface area contributed by atoms with Crippen LogP contribution in [0.1, 0.15) is 31.2 Å². The monoisotopic (exact) mass is 495 g/mol. The van der Waals surface area contributed by atoms with Crippen molar-refractivity contribution >= 4 is 23.4 Å². The Kier molecular flexibility index (Phi) is 7.75. The number of halogens is 1. The number of anilines is 1. The Bertz CT molecular complexity index is 1120. The second kappa shape index (κ2) is 11.3. The maximum Gasteiger partial charge on any atom is 0.234 e. The normalized spacial score (nSPS) is 18.3. The number of carbonyl (C=O) groups is 1. The Morgan fingerprint density at radius 2 is 1.83 bits per heavy atom. The molecule has 35 heavy (non-hydrogen) atoms. The number of benzene rings is 2. The van der Waals surface area contributed by atoms with Crippen LogP contribution in [0.4, 0.5) is 10.1 Å². The minimum absolute atomic E-state index is 0.0810. The van der Waals surface area contributed by atoms with E-state index < -0.39 is 0 Å². The third-order valence-corrected chi connectivity index (χ3v) is 7.37. The highest BCUT2D eigenvalue weighted by Gasteiger charge is 2.22. The Morgan fingerprint density at radius 3 is 2.54 bits per heavy atom. The molecule has 1 amide bonds. The number of likely N-dealkylation sites (tertiary alicyclic amines) is 1. The van der Waals surface area contributed by atoms with Crippen molar-refractivity contribution in [3.05, 3.63) is 59.9 Å². The van der Waals surface area contributed by atoms with Gasteiger partial charge in [0, 0.05) is 24.4 Å². The lowest BCUT2D eigenvalue weighted by molar-refractivity contribution is -0.113. The highest BCUT2D eigenvalue weighted by Crippen LogP contribution is 2.27. The molecule has 3 aromatic rings. The molecule has 7 nitrogen and oxygen atoms in total. The van der Waals surface area contributed by atoms with E-state index in [9.17, 15) is 9.18 Å². The van der Waals surface area contributed by atoms with Crippen LogP contribution in [-0.2, 0) is 22.6 Å². The van der Waals surface area contributed by atoms with Crippen molar-refractivity contribution < 1.29 is 13.9 Å². The van der Waals surface area contributed by atoms with Gasteiger partial charge in [0.2, 0.25) is 5.91 Å². The summed E-state index contributed by atoms with van der Waals surface area (Å²) in [5.41, 5.74) is 2.82. The van der Waals surface area contributed by atoms with Gasteiger partial charge in [-0.3, -0.25) is 14.3 Å². The van der Waals surface area contributed by atoms with Gasteiger partial charge in [0.1, 0.15) is 5.82 Å². The smallest absolute Gasteiger partial charge is 0.234 e. The summed E-state index contributed by atoms with van der Waals surface area (Å²) in [7, 11) is 0. The van der Waals surface area contributed by atoms with Crippen molar-refractivity contribution in [3.8, 4) is 11.4 Å². The molecular formula is C26H30FN5O2S. The second-order valence-electron chi connectivity index (χ2n) is 9.08. The van der Waals surface area contributed by atoms with Crippen LogP contribution in [0.15, 0.2) is 53.7 Å². The molecule has 0 unspecified atom stereocenters. The molecule has 3 heterocycles. The van der Waals surface area contributed by atoms with E-state index in [4.69, 9.17) is 4.74 Å². The molecule has 0 saturated carbocycles. The molecule has 2 aliphatic rings. The molecule has 0 radical (unpaired) electrons. The van der Waals surface area contributed by atoms with E-state index in [0.29, 0.717) is 17.5 Å². The molecule has 2 aliphatic heterocycles. The van der Waals surface area contributed by atoms with E-state index in [1.54, 1.807) is 12.1 Å². The number of thioether (sulfide) groups is 1. The van der Waals surface area contributed by atoms with Gasteiger partial charge in [0.05, 0.1) is 18.4 Å². The van der Waals surface area contributed by atoms with Crippen molar-refractivity contribution in [3.63, 3.8) is 0 Å². The summed E-state index contributed by atoms with van der Waals surface area (Å²) in [5, 5.41) is 12.3. The molecule has 2 saturated heterocycles. The minimum Gasteiger partial charge on any atom is -0.376 e. The standard InChI is InChI=1S/C26H30FN5O2S/c27-21-9-7-20(8-10-21)25-29-30-26(32(25)17-23-4-3-15-34-23)35-18-24(33)28-22-11-5-19(6-12-22)16-31-13-1-2-14-31/h5-12,23H,1-4,13-18H2,(H,28,33)/t23-/m1/s1. The number of hydrogen-bond donors (Lipinski definition) is 1. The van der Waals surface area contributed by atoms with Gasteiger partial charge < -0.3 is 10.1 Å². The molecule has 1 aromatic heterocycles. The Hall–Kier alpha value is -2.75. The number of aromatic nitrogens is 3. The molecule has 2 aromatic carbocycles. The second-order valence-corrected chi connectivity index (χ2v) is 10.0. The molecule has 5 rings (SSSR count). The first kappa shape index (κ1) is 24.0. The van der Waals surface area contributed by atoms with Crippen molar-refractivity contribution in [1.29, 1.82) is 0 Å². The number of hydrogen-bond acceptors (Lipinski definition) is 6. The van der Waals surface area contributed by atoms with Gasteiger partial charge in [-0.25, -0.2) is 4.39 Å². The topological polar surface area (TPSA) is 72.3 Å². The van der Waals surface area contributed by atoms with E-state index in [-0.39, 0.29) is 23.6 Å².